The number of carbonyl (C=O) groups excluding carboxylic acids is 3. The van der Waals surface area contributed by atoms with Crippen LogP contribution in [0.5, 0.6) is 0 Å². The van der Waals surface area contributed by atoms with E-state index in [-0.39, 0.29) is 30.3 Å². The van der Waals surface area contributed by atoms with Gasteiger partial charge >= 0.3 is 11.9 Å². The summed E-state index contributed by atoms with van der Waals surface area (Å²) in [6, 6.07) is 15.7. The number of nitrogens with one attached hydrogen (secondary N) is 1. The van der Waals surface area contributed by atoms with Crippen LogP contribution in [0.3, 0.4) is 0 Å². The second kappa shape index (κ2) is 13.7. The fraction of sp³-hybridized carbons (Fsp3) is 0.241. The molecular formula is C29H28N2O5S2. The molecule has 1 heterocycles. The molecule has 1 N–H and O–H groups in total. The van der Waals surface area contributed by atoms with Crippen LogP contribution in [0.15, 0.2) is 87.0 Å². The van der Waals surface area contributed by atoms with Gasteiger partial charge in [-0.1, -0.05) is 49.2 Å². The molecule has 196 valence electrons. The molecule has 2 aromatic rings. The molecule has 0 unspecified atom stereocenters. The summed E-state index contributed by atoms with van der Waals surface area (Å²) in [5.41, 5.74) is 2.82. The lowest BCUT2D eigenvalue weighted by Gasteiger charge is -2.23. The SMILES string of the molecule is C=C(C)C(=O)OCCCSc1ccc2c(c1)Sc1ccccc1C2=C(C#N)C(=O)NCCOC(=O)C(=C)C. The van der Waals surface area contributed by atoms with Crippen molar-refractivity contribution in [3.63, 3.8) is 0 Å². The lowest BCUT2D eigenvalue weighted by molar-refractivity contribution is -0.139. The summed E-state index contributed by atoms with van der Waals surface area (Å²) in [6.07, 6.45) is 0.697. The number of rotatable bonds is 11. The maximum absolute atomic E-state index is 13.0. The minimum absolute atomic E-state index is 0.00930. The molecular weight excluding hydrogens is 520 g/mol. The summed E-state index contributed by atoms with van der Waals surface area (Å²) in [4.78, 5) is 39.0. The summed E-state index contributed by atoms with van der Waals surface area (Å²) in [6.45, 7) is 10.6. The minimum Gasteiger partial charge on any atom is -0.462 e. The fourth-order valence-electron chi connectivity index (χ4n) is 3.46. The normalized spacial score (nSPS) is 12.8. The molecule has 9 heteroatoms. The molecule has 0 saturated heterocycles. The lowest BCUT2D eigenvalue weighted by atomic mass is 9.92. The number of nitriles is 1. The van der Waals surface area contributed by atoms with Crippen molar-refractivity contribution >= 4 is 46.9 Å². The Morgan fingerprint density at radius 2 is 1.63 bits per heavy atom. The number of fused-ring (bicyclic) bond motifs is 2. The van der Waals surface area contributed by atoms with E-state index in [1.54, 1.807) is 37.4 Å². The number of benzene rings is 2. The van der Waals surface area contributed by atoms with Crippen LogP contribution >= 0.6 is 23.5 Å². The molecule has 0 atom stereocenters. The maximum Gasteiger partial charge on any atom is 0.333 e. The Morgan fingerprint density at radius 1 is 0.974 bits per heavy atom. The summed E-state index contributed by atoms with van der Waals surface area (Å²) in [5, 5.41) is 12.7. The van der Waals surface area contributed by atoms with E-state index < -0.39 is 11.9 Å². The van der Waals surface area contributed by atoms with Crippen molar-refractivity contribution in [3.8, 4) is 6.07 Å². The first-order valence-electron chi connectivity index (χ1n) is 11.8. The number of amides is 1. The number of esters is 2. The van der Waals surface area contributed by atoms with E-state index >= 15 is 0 Å². The van der Waals surface area contributed by atoms with Gasteiger partial charge in [-0.3, -0.25) is 4.79 Å². The monoisotopic (exact) mass is 548 g/mol. The highest BCUT2D eigenvalue weighted by Crippen LogP contribution is 2.47. The van der Waals surface area contributed by atoms with E-state index in [9.17, 15) is 19.6 Å². The van der Waals surface area contributed by atoms with Crippen LogP contribution in [0, 0.1) is 11.3 Å². The van der Waals surface area contributed by atoms with Crippen molar-refractivity contribution in [3.05, 3.63) is 83.5 Å². The first kappa shape index (κ1) is 28.8. The summed E-state index contributed by atoms with van der Waals surface area (Å²) in [7, 11) is 0. The Kier molecular flexibility index (Phi) is 10.4. The Balaban J connectivity index is 1.78. The molecule has 1 aliphatic heterocycles. The number of hydrogen-bond acceptors (Lipinski definition) is 8. The zero-order valence-electron chi connectivity index (χ0n) is 21.3. The third kappa shape index (κ3) is 7.40. The number of carbonyl (C=O) groups is 3. The van der Waals surface area contributed by atoms with Crippen LogP contribution in [-0.4, -0.2) is 43.4 Å². The molecule has 0 aromatic heterocycles. The van der Waals surface area contributed by atoms with Gasteiger partial charge in [0.05, 0.1) is 13.2 Å². The van der Waals surface area contributed by atoms with Gasteiger partial charge in [0.1, 0.15) is 18.2 Å². The van der Waals surface area contributed by atoms with Crippen molar-refractivity contribution in [1.29, 1.82) is 5.26 Å². The Bertz CT molecular complexity index is 1360. The summed E-state index contributed by atoms with van der Waals surface area (Å²) in [5.74, 6) is -0.701. The van der Waals surface area contributed by atoms with E-state index in [0.29, 0.717) is 24.2 Å². The van der Waals surface area contributed by atoms with E-state index in [4.69, 9.17) is 9.47 Å². The van der Waals surface area contributed by atoms with E-state index in [2.05, 4.69) is 24.5 Å². The molecule has 1 aliphatic rings. The zero-order chi connectivity index (χ0) is 27.7. The summed E-state index contributed by atoms with van der Waals surface area (Å²) < 4.78 is 10.2. The van der Waals surface area contributed by atoms with Gasteiger partial charge in [-0.2, -0.15) is 5.26 Å². The van der Waals surface area contributed by atoms with Crippen molar-refractivity contribution in [2.45, 2.75) is 35.0 Å². The van der Waals surface area contributed by atoms with Crippen molar-refractivity contribution in [1.82, 2.24) is 5.32 Å². The number of nitrogens with zero attached hydrogens (tertiary/aromatic N) is 1. The van der Waals surface area contributed by atoms with Crippen LogP contribution in [0.25, 0.3) is 5.57 Å². The number of ether oxygens (including phenoxy) is 2. The maximum atomic E-state index is 13.0. The largest absolute Gasteiger partial charge is 0.462 e. The van der Waals surface area contributed by atoms with Crippen LogP contribution in [0.4, 0.5) is 0 Å². The summed E-state index contributed by atoms with van der Waals surface area (Å²) >= 11 is 3.22. The molecule has 7 nitrogen and oxygen atoms in total. The highest BCUT2D eigenvalue weighted by molar-refractivity contribution is 8.00. The highest BCUT2D eigenvalue weighted by atomic mass is 32.2. The average molecular weight is 549 g/mol. The standard InChI is InChI=1S/C29H28N2O5S2/c1-18(2)28(33)35-13-7-15-37-20-10-11-22-25(16-20)38-24-9-6-5-8-21(24)26(22)23(17-30)27(32)31-12-14-36-29(34)19(3)4/h5-6,8-11,16H,1,3,7,12-15H2,2,4H3,(H,31,32). The highest BCUT2D eigenvalue weighted by Gasteiger charge is 2.27. The Labute approximate surface area is 231 Å². The third-order valence-electron chi connectivity index (χ3n) is 5.30. The van der Waals surface area contributed by atoms with Gasteiger partial charge < -0.3 is 14.8 Å². The first-order chi connectivity index (χ1) is 18.2. The second-order valence-corrected chi connectivity index (χ2v) is 10.7. The molecule has 38 heavy (non-hydrogen) atoms. The Morgan fingerprint density at radius 3 is 2.32 bits per heavy atom. The van der Waals surface area contributed by atoms with E-state index in [1.165, 1.54) is 0 Å². The van der Waals surface area contributed by atoms with Gasteiger partial charge in [0.25, 0.3) is 5.91 Å². The van der Waals surface area contributed by atoms with Gasteiger partial charge in [0, 0.05) is 37.2 Å². The average Bonchev–Trinajstić information content (AvgIpc) is 2.90. The number of hydrogen-bond donors (Lipinski definition) is 1. The van der Waals surface area contributed by atoms with E-state index in [0.717, 1.165) is 31.6 Å². The van der Waals surface area contributed by atoms with Gasteiger partial charge in [0.2, 0.25) is 0 Å². The molecule has 1 amide bonds. The van der Waals surface area contributed by atoms with E-state index in [1.807, 2.05) is 42.5 Å². The van der Waals surface area contributed by atoms with Crippen LogP contribution < -0.4 is 5.32 Å². The predicted molar refractivity (Wildman–Crippen MR) is 149 cm³/mol. The smallest absolute Gasteiger partial charge is 0.333 e. The van der Waals surface area contributed by atoms with Gasteiger partial charge in [-0.15, -0.1) is 11.8 Å². The Hall–Kier alpha value is -3.74. The van der Waals surface area contributed by atoms with Gasteiger partial charge in [-0.25, -0.2) is 9.59 Å². The van der Waals surface area contributed by atoms with Crippen molar-refractivity contribution in [2.24, 2.45) is 0 Å². The van der Waals surface area contributed by atoms with Crippen molar-refractivity contribution in [2.75, 3.05) is 25.5 Å². The van der Waals surface area contributed by atoms with Gasteiger partial charge in [0.15, 0.2) is 0 Å². The molecule has 2 aromatic carbocycles. The molecule has 0 aliphatic carbocycles. The van der Waals surface area contributed by atoms with Crippen LogP contribution in [-0.2, 0) is 23.9 Å². The second-order valence-electron chi connectivity index (χ2n) is 8.41. The number of thioether (sulfide) groups is 1. The van der Waals surface area contributed by atoms with Crippen molar-refractivity contribution < 1.29 is 23.9 Å². The first-order valence-corrected chi connectivity index (χ1v) is 13.7. The molecule has 0 bridgehead atoms. The predicted octanol–water partition coefficient (Wildman–Crippen LogP) is 5.31. The molecule has 0 saturated carbocycles. The zero-order valence-corrected chi connectivity index (χ0v) is 22.9. The lowest BCUT2D eigenvalue weighted by Crippen LogP contribution is -2.29. The van der Waals surface area contributed by atoms with Crippen LogP contribution in [0.1, 0.15) is 31.4 Å². The molecule has 3 rings (SSSR count). The quantitative estimate of drug-likeness (QED) is 0.113. The molecule has 0 fully saturated rings. The minimum atomic E-state index is -0.538. The third-order valence-corrected chi connectivity index (χ3v) is 7.51. The molecule has 0 radical (unpaired) electrons. The topological polar surface area (TPSA) is 105 Å². The molecule has 0 spiro atoms. The van der Waals surface area contributed by atoms with Crippen LogP contribution in [0.2, 0.25) is 0 Å². The fourth-order valence-corrected chi connectivity index (χ4v) is 5.52. The van der Waals surface area contributed by atoms with Gasteiger partial charge in [-0.05, 0) is 49.6 Å².